The molecule has 1 nitrogen and oxygen atoms in total. The van der Waals surface area contributed by atoms with Crippen LogP contribution in [0.25, 0.3) is 0 Å². The number of hydrogen-bond donors (Lipinski definition) is 1. The fourth-order valence-electron chi connectivity index (χ4n) is 7.87. The Morgan fingerprint density at radius 3 is 2.30 bits per heavy atom. The molecular formula is C28H33ClF3N. The lowest BCUT2D eigenvalue weighted by Crippen LogP contribution is -2.60. The molecule has 4 saturated carbocycles. The van der Waals surface area contributed by atoms with Crippen LogP contribution in [-0.2, 0) is 18.0 Å². The van der Waals surface area contributed by atoms with Gasteiger partial charge in [-0.2, -0.15) is 13.2 Å². The Morgan fingerprint density at radius 1 is 1.00 bits per heavy atom. The number of benzene rings is 2. The van der Waals surface area contributed by atoms with Gasteiger partial charge in [-0.25, -0.2) is 0 Å². The smallest absolute Gasteiger partial charge is 0.311 e. The summed E-state index contributed by atoms with van der Waals surface area (Å²) in [5.41, 5.74) is 2.11. The fraction of sp³-hybridized carbons (Fsp3) is 0.571. The largest absolute Gasteiger partial charge is 0.416 e. The molecule has 4 bridgehead atoms. The molecule has 2 aromatic rings. The van der Waals surface area contributed by atoms with Gasteiger partial charge in [-0.1, -0.05) is 41.9 Å². The van der Waals surface area contributed by atoms with Crippen LogP contribution in [0.15, 0.2) is 48.5 Å². The first-order valence-corrected chi connectivity index (χ1v) is 12.6. The molecule has 0 aromatic heterocycles. The maximum atomic E-state index is 13.1. The summed E-state index contributed by atoms with van der Waals surface area (Å²) in [7, 11) is 0. The van der Waals surface area contributed by atoms with Gasteiger partial charge < -0.3 is 5.32 Å². The number of rotatable bonds is 6. The molecule has 5 heteroatoms. The van der Waals surface area contributed by atoms with Gasteiger partial charge in [0.25, 0.3) is 0 Å². The van der Waals surface area contributed by atoms with Crippen molar-refractivity contribution in [2.24, 2.45) is 17.3 Å². The van der Waals surface area contributed by atoms with Gasteiger partial charge in [0.15, 0.2) is 0 Å². The Morgan fingerprint density at radius 2 is 1.67 bits per heavy atom. The predicted octanol–water partition coefficient (Wildman–Crippen LogP) is 7.81. The second kappa shape index (κ2) is 8.30. The summed E-state index contributed by atoms with van der Waals surface area (Å²) in [5, 5.41) is 4.61. The molecule has 0 saturated heterocycles. The van der Waals surface area contributed by atoms with Crippen molar-refractivity contribution < 1.29 is 13.2 Å². The minimum absolute atomic E-state index is 0.114. The highest BCUT2D eigenvalue weighted by molar-refractivity contribution is 6.30. The Bertz CT molecular complexity index is 985. The summed E-state index contributed by atoms with van der Waals surface area (Å²) in [6, 6.07) is 14.7. The first-order valence-electron chi connectivity index (χ1n) is 12.3. The molecule has 178 valence electrons. The molecule has 4 aliphatic rings. The van der Waals surface area contributed by atoms with Gasteiger partial charge in [-0.15, -0.1) is 0 Å². The van der Waals surface area contributed by atoms with Crippen LogP contribution >= 0.6 is 11.6 Å². The molecule has 0 amide bonds. The van der Waals surface area contributed by atoms with Crippen molar-refractivity contribution in [3.8, 4) is 0 Å². The zero-order valence-corrected chi connectivity index (χ0v) is 20.1. The zero-order chi connectivity index (χ0) is 23.4. The highest BCUT2D eigenvalue weighted by atomic mass is 35.5. The lowest BCUT2D eigenvalue weighted by Gasteiger charge is -2.64. The van der Waals surface area contributed by atoms with Crippen LogP contribution in [-0.4, -0.2) is 12.1 Å². The Balaban J connectivity index is 1.32. The first-order chi connectivity index (χ1) is 15.6. The van der Waals surface area contributed by atoms with Gasteiger partial charge in [0.05, 0.1) is 5.56 Å². The highest BCUT2D eigenvalue weighted by Crippen LogP contribution is 2.66. The Hall–Kier alpha value is -1.52. The second-order valence-electron chi connectivity index (χ2n) is 11.3. The van der Waals surface area contributed by atoms with Crippen LogP contribution in [0.5, 0.6) is 0 Å². The van der Waals surface area contributed by atoms with Crippen molar-refractivity contribution in [1.29, 1.82) is 0 Å². The molecule has 1 N–H and O–H groups in total. The van der Waals surface area contributed by atoms with E-state index in [4.69, 9.17) is 11.6 Å². The van der Waals surface area contributed by atoms with Crippen LogP contribution in [0.2, 0.25) is 5.02 Å². The quantitative estimate of drug-likeness (QED) is 0.449. The molecule has 0 heterocycles. The third-order valence-corrected chi connectivity index (χ3v) is 9.06. The van der Waals surface area contributed by atoms with Crippen LogP contribution in [0.1, 0.15) is 69.1 Å². The van der Waals surface area contributed by atoms with E-state index in [1.54, 1.807) is 6.07 Å². The lowest BCUT2D eigenvalue weighted by atomic mass is 9.41. The van der Waals surface area contributed by atoms with Crippen LogP contribution in [0, 0.1) is 17.3 Å². The number of halogens is 4. The lowest BCUT2D eigenvalue weighted by molar-refractivity contribution is -0.137. The maximum Gasteiger partial charge on any atom is 0.416 e. The van der Waals surface area contributed by atoms with E-state index in [2.05, 4.69) is 31.3 Å². The molecule has 4 fully saturated rings. The predicted molar refractivity (Wildman–Crippen MR) is 127 cm³/mol. The first kappa shape index (κ1) is 23.2. The molecule has 33 heavy (non-hydrogen) atoms. The van der Waals surface area contributed by atoms with Crippen LogP contribution in [0.3, 0.4) is 0 Å². The number of nitrogens with one attached hydrogen (secondary N) is 1. The third kappa shape index (κ3) is 4.46. The summed E-state index contributed by atoms with van der Waals surface area (Å²) in [5.74, 6) is 1.54. The van der Waals surface area contributed by atoms with Crippen molar-refractivity contribution in [3.63, 3.8) is 0 Å². The second-order valence-corrected chi connectivity index (χ2v) is 11.7. The van der Waals surface area contributed by atoms with E-state index in [0.29, 0.717) is 12.5 Å². The Labute approximate surface area is 200 Å². The molecule has 0 unspecified atom stereocenters. The minimum atomic E-state index is -4.30. The summed E-state index contributed by atoms with van der Waals surface area (Å²) < 4.78 is 39.3. The average molecular weight is 476 g/mol. The molecule has 4 atom stereocenters. The summed E-state index contributed by atoms with van der Waals surface area (Å²) in [6.07, 6.45) is 3.93. The van der Waals surface area contributed by atoms with Gasteiger partial charge in [0, 0.05) is 17.1 Å². The van der Waals surface area contributed by atoms with Gasteiger partial charge >= 0.3 is 6.18 Å². The fourth-order valence-corrected chi connectivity index (χ4v) is 8.00. The Kier molecular flexibility index (Phi) is 5.85. The van der Waals surface area contributed by atoms with Crippen molar-refractivity contribution in [3.05, 3.63) is 70.2 Å². The van der Waals surface area contributed by atoms with E-state index < -0.39 is 11.7 Å². The summed E-state index contributed by atoms with van der Waals surface area (Å²) in [6.45, 7) is 4.41. The highest BCUT2D eigenvalue weighted by Gasteiger charge is 2.59. The SMILES string of the molecule is C[C@H](N[C@@H](C)Cc1cccc(C(F)(F)F)c1)C12C[C@@H]3C[C@H](CC(c4ccc(Cl)cc4)(C3)C1)C2. The van der Waals surface area contributed by atoms with Gasteiger partial charge in [0.1, 0.15) is 0 Å². The topological polar surface area (TPSA) is 12.0 Å². The van der Waals surface area contributed by atoms with Crippen molar-refractivity contribution in [2.75, 3.05) is 0 Å². The third-order valence-electron chi connectivity index (χ3n) is 8.81. The molecule has 0 spiro atoms. The number of alkyl halides is 3. The normalized spacial score (nSPS) is 32.7. The van der Waals surface area contributed by atoms with Crippen molar-refractivity contribution in [1.82, 2.24) is 5.32 Å². The standard InChI is InChI=1S/C28H33ClF3N/c1-18(10-20-4-3-5-24(12-20)28(30,31)32)33-19(2)26-13-21-11-22(14-26)16-27(15-21,17-26)23-6-8-25(29)9-7-23/h3-9,12,18-19,21-22,33H,10-11,13-17H2,1-2H3/t18-,19-,21-,22-,26?,27?/m0/s1. The van der Waals surface area contributed by atoms with Crippen molar-refractivity contribution in [2.45, 2.75) is 82.5 Å². The molecule has 0 radical (unpaired) electrons. The summed E-state index contributed by atoms with van der Waals surface area (Å²) >= 11 is 6.18. The molecule has 6 rings (SSSR count). The molecule has 4 aliphatic carbocycles. The van der Waals surface area contributed by atoms with Crippen LogP contribution in [0.4, 0.5) is 13.2 Å². The van der Waals surface area contributed by atoms with E-state index in [-0.39, 0.29) is 16.9 Å². The zero-order valence-electron chi connectivity index (χ0n) is 19.4. The molecule has 0 aliphatic heterocycles. The van der Waals surface area contributed by atoms with Gasteiger partial charge in [-0.05, 0) is 111 Å². The number of hydrogen-bond acceptors (Lipinski definition) is 1. The molecular weight excluding hydrogens is 443 g/mol. The maximum absolute atomic E-state index is 13.1. The van der Waals surface area contributed by atoms with E-state index >= 15 is 0 Å². The van der Waals surface area contributed by atoms with Gasteiger partial charge in [0.2, 0.25) is 0 Å². The van der Waals surface area contributed by atoms with Crippen LogP contribution < -0.4 is 5.32 Å². The average Bonchev–Trinajstić information content (AvgIpc) is 2.72. The van der Waals surface area contributed by atoms with E-state index in [0.717, 1.165) is 28.5 Å². The minimum Gasteiger partial charge on any atom is -0.311 e. The summed E-state index contributed by atoms with van der Waals surface area (Å²) in [4.78, 5) is 0. The van der Waals surface area contributed by atoms with E-state index in [9.17, 15) is 13.2 Å². The monoisotopic (exact) mass is 475 g/mol. The molecule has 2 aromatic carbocycles. The van der Waals surface area contributed by atoms with E-state index in [1.165, 1.54) is 56.2 Å². The van der Waals surface area contributed by atoms with E-state index in [1.807, 2.05) is 12.1 Å². The van der Waals surface area contributed by atoms with Gasteiger partial charge in [-0.3, -0.25) is 0 Å². The van der Waals surface area contributed by atoms with Crippen molar-refractivity contribution >= 4 is 11.6 Å².